The van der Waals surface area contributed by atoms with E-state index in [1.54, 1.807) is 0 Å². The zero-order valence-electron chi connectivity index (χ0n) is 26.4. The Balaban J connectivity index is 2.03. The van der Waals surface area contributed by atoms with Crippen molar-refractivity contribution < 1.29 is 32.5 Å². The Kier molecular flexibility index (Phi) is 10.5. The standard InChI is InChI=1S/C32H52N3O4/c1-23(2)27-15-13-25(5)17-29(27)38-31(36)19-33(7,8)21-35(11,12)22-34(9,10)20-32(37)39-30-18-26(6)14-16-28(30)24(3)4/h13-18,23-24H,19-22H2,1-12H3/q+3. The van der Waals surface area contributed by atoms with Crippen molar-refractivity contribution in [2.75, 3.05) is 68.7 Å². The van der Waals surface area contributed by atoms with Gasteiger partial charge < -0.3 is 9.47 Å². The van der Waals surface area contributed by atoms with Gasteiger partial charge in [-0.1, -0.05) is 52.0 Å². The van der Waals surface area contributed by atoms with Gasteiger partial charge in [-0.25, -0.2) is 14.1 Å². The molecule has 0 heterocycles. The van der Waals surface area contributed by atoms with Gasteiger partial charge in [0.1, 0.15) is 11.5 Å². The monoisotopic (exact) mass is 542 g/mol. The molecule has 0 amide bonds. The van der Waals surface area contributed by atoms with Crippen LogP contribution in [-0.2, 0) is 9.59 Å². The molecule has 0 saturated heterocycles. The molecule has 0 fully saturated rings. The lowest BCUT2D eigenvalue weighted by Crippen LogP contribution is -2.64. The number of rotatable bonds is 12. The molecule has 2 aromatic rings. The van der Waals surface area contributed by atoms with E-state index in [1.807, 2.05) is 78.4 Å². The van der Waals surface area contributed by atoms with E-state index in [0.29, 0.717) is 38.3 Å². The third-order valence-electron chi connectivity index (χ3n) is 6.68. The molecule has 216 valence electrons. The number of hydrogen-bond donors (Lipinski definition) is 0. The number of quaternary nitrogens is 3. The van der Waals surface area contributed by atoms with E-state index in [9.17, 15) is 9.59 Å². The largest absolute Gasteiger partial charge is 0.422 e. The topological polar surface area (TPSA) is 52.6 Å². The first-order chi connectivity index (χ1) is 17.8. The van der Waals surface area contributed by atoms with Crippen LogP contribution in [0.25, 0.3) is 0 Å². The molecule has 7 nitrogen and oxygen atoms in total. The van der Waals surface area contributed by atoms with Crippen molar-refractivity contribution in [2.24, 2.45) is 0 Å². The number of ether oxygens (including phenoxy) is 2. The number of nitrogens with zero attached hydrogens (tertiary/aromatic N) is 3. The molecule has 0 aliphatic heterocycles. The lowest BCUT2D eigenvalue weighted by Gasteiger charge is -2.41. The van der Waals surface area contributed by atoms with Crippen LogP contribution >= 0.6 is 0 Å². The second-order valence-corrected chi connectivity index (χ2v) is 13.7. The van der Waals surface area contributed by atoms with Crippen LogP contribution in [0.15, 0.2) is 36.4 Å². The Labute approximate surface area is 236 Å². The summed E-state index contributed by atoms with van der Waals surface area (Å²) in [5.41, 5.74) is 4.20. The SMILES string of the molecule is Cc1ccc(C(C)C)c(OC(=O)C[N+](C)(C)C[N+](C)(C)C[N+](C)(C)CC(=O)Oc2cc(C)ccc2C(C)C)c1. The molecule has 0 aromatic heterocycles. The van der Waals surface area contributed by atoms with E-state index in [0.717, 1.165) is 22.3 Å². The van der Waals surface area contributed by atoms with Gasteiger partial charge in [-0.3, -0.25) is 8.97 Å². The second kappa shape index (κ2) is 12.6. The molecule has 0 aliphatic carbocycles. The Morgan fingerprint density at radius 2 is 0.949 bits per heavy atom. The molecule has 0 atom stereocenters. The van der Waals surface area contributed by atoms with Gasteiger partial charge in [-0.2, -0.15) is 0 Å². The molecule has 0 unspecified atom stereocenters. The fraction of sp³-hybridized carbons (Fsp3) is 0.562. The summed E-state index contributed by atoms with van der Waals surface area (Å²) in [6.45, 7) is 14.3. The van der Waals surface area contributed by atoms with Crippen molar-refractivity contribution in [3.05, 3.63) is 58.7 Å². The van der Waals surface area contributed by atoms with E-state index < -0.39 is 0 Å². The van der Waals surface area contributed by atoms with Crippen LogP contribution in [0.4, 0.5) is 0 Å². The summed E-state index contributed by atoms with van der Waals surface area (Å²) in [6, 6.07) is 12.0. The fourth-order valence-electron chi connectivity index (χ4n) is 5.64. The molecule has 7 heteroatoms. The van der Waals surface area contributed by atoms with E-state index in [-0.39, 0.29) is 36.9 Å². The highest BCUT2D eigenvalue weighted by Crippen LogP contribution is 2.29. The summed E-state index contributed by atoms with van der Waals surface area (Å²) >= 11 is 0. The number of aryl methyl sites for hydroxylation is 2. The van der Waals surface area contributed by atoms with Crippen LogP contribution in [0, 0.1) is 13.8 Å². The summed E-state index contributed by atoms with van der Waals surface area (Å²) in [5.74, 6) is 1.33. The van der Waals surface area contributed by atoms with Crippen LogP contribution in [-0.4, -0.2) is 94.1 Å². The van der Waals surface area contributed by atoms with Crippen molar-refractivity contribution in [2.45, 2.75) is 53.4 Å². The minimum atomic E-state index is -0.246. The molecule has 0 N–H and O–H groups in total. The molecular weight excluding hydrogens is 490 g/mol. The van der Waals surface area contributed by atoms with Crippen molar-refractivity contribution >= 4 is 11.9 Å². The number of likely N-dealkylation sites (N-methyl/N-ethyl adjacent to an activating group) is 2. The third kappa shape index (κ3) is 10.4. The first-order valence-electron chi connectivity index (χ1n) is 13.9. The van der Waals surface area contributed by atoms with Crippen molar-refractivity contribution in [3.63, 3.8) is 0 Å². The first-order valence-corrected chi connectivity index (χ1v) is 13.9. The molecule has 2 rings (SSSR count). The predicted octanol–water partition coefficient (Wildman–Crippen LogP) is 5.21. The fourth-order valence-corrected chi connectivity index (χ4v) is 5.64. The number of hydrogen-bond acceptors (Lipinski definition) is 4. The Bertz CT molecular complexity index is 1080. The van der Waals surface area contributed by atoms with Crippen LogP contribution in [0.1, 0.15) is 61.8 Å². The van der Waals surface area contributed by atoms with E-state index in [2.05, 4.69) is 41.8 Å². The van der Waals surface area contributed by atoms with Crippen LogP contribution in [0.3, 0.4) is 0 Å². The molecule has 39 heavy (non-hydrogen) atoms. The molecule has 0 aliphatic rings. The second-order valence-electron chi connectivity index (χ2n) is 13.7. The molecule has 0 saturated carbocycles. The number of esters is 2. The third-order valence-corrected chi connectivity index (χ3v) is 6.68. The molecule has 0 spiro atoms. The summed E-state index contributed by atoms with van der Waals surface area (Å²) in [7, 11) is 12.4. The lowest BCUT2D eigenvalue weighted by molar-refractivity contribution is -1.14. The van der Waals surface area contributed by atoms with Crippen molar-refractivity contribution in [1.29, 1.82) is 0 Å². The number of benzene rings is 2. The zero-order chi connectivity index (χ0) is 29.8. The maximum absolute atomic E-state index is 13.0. The highest BCUT2D eigenvalue weighted by atomic mass is 16.5. The number of carbonyl (C=O) groups excluding carboxylic acids is 2. The predicted molar refractivity (Wildman–Crippen MR) is 158 cm³/mol. The maximum atomic E-state index is 13.0. The van der Waals surface area contributed by atoms with Gasteiger partial charge in [-0.15, -0.1) is 0 Å². The minimum Gasteiger partial charge on any atom is -0.422 e. The number of carbonyl (C=O) groups is 2. The lowest BCUT2D eigenvalue weighted by atomic mass is 10.0. The van der Waals surface area contributed by atoms with Gasteiger partial charge in [0, 0.05) is 0 Å². The molecular formula is C32H52N3O4+3. The van der Waals surface area contributed by atoms with E-state index >= 15 is 0 Å². The highest BCUT2D eigenvalue weighted by Gasteiger charge is 2.37. The van der Waals surface area contributed by atoms with Gasteiger partial charge in [-0.05, 0) is 60.1 Å². The van der Waals surface area contributed by atoms with Gasteiger partial charge in [0.2, 0.25) is 13.3 Å². The van der Waals surface area contributed by atoms with Gasteiger partial charge in [0.15, 0.2) is 13.1 Å². The van der Waals surface area contributed by atoms with Crippen molar-refractivity contribution in [3.8, 4) is 11.5 Å². The van der Waals surface area contributed by atoms with Gasteiger partial charge in [0.25, 0.3) is 0 Å². The quantitative estimate of drug-likeness (QED) is 0.160. The molecule has 0 bridgehead atoms. The van der Waals surface area contributed by atoms with Crippen LogP contribution < -0.4 is 9.47 Å². The van der Waals surface area contributed by atoms with E-state index in [4.69, 9.17) is 9.47 Å². The smallest absolute Gasteiger partial charge is 0.367 e. The summed E-state index contributed by atoms with van der Waals surface area (Å²) < 4.78 is 13.2. The van der Waals surface area contributed by atoms with Gasteiger partial charge in [0.05, 0.1) is 42.3 Å². The average Bonchev–Trinajstić information content (AvgIpc) is 2.70. The van der Waals surface area contributed by atoms with Crippen LogP contribution in [0.2, 0.25) is 0 Å². The van der Waals surface area contributed by atoms with Crippen LogP contribution in [0.5, 0.6) is 11.5 Å². The van der Waals surface area contributed by atoms with Crippen molar-refractivity contribution in [1.82, 2.24) is 0 Å². The normalized spacial score (nSPS) is 12.7. The summed E-state index contributed by atoms with van der Waals surface area (Å²) in [5, 5.41) is 0. The van der Waals surface area contributed by atoms with Gasteiger partial charge >= 0.3 is 11.9 Å². The molecule has 0 radical (unpaired) electrons. The Morgan fingerprint density at radius 3 is 1.26 bits per heavy atom. The van der Waals surface area contributed by atoms with E-state index in [1.165, 1.54) is 0 Å². The zero-order valence-corrected chi connectivity index (χ0v) is 26.4. The molecule has 2 aromatic carbocycles. The minimum absolute atomic E-state index is 0.244. The summed E-state index contributed by atoms with van der Waals surface area (Å²) in [6.07, 6.45) is 0. The Hall–Kier alpha value is -2.74. The Morgan fingerprint density at radius 1 is 0.615 bits per heavy atom. The maximum Gasteiger partial charge on any atom is 0.367 e. The average molecular weight is 543 g/mol. The summed E-state index contributed by atoms with van der Waals surface area (Å²) in [4.78, 5) is 26.0. The highest BCUT2D eigenvalue weighted by molar-refractivity contribution is 5.74. The first kappa shape index (κ1) is 32.5.